The second-order valence-corrected chi connectivity index (χ2v) is 5.93. The molecule has 5 nitrogen and oxygen atoms in total. The number of nitrogens with zero attached hydrogens (tertiary/aromatic N) is 1. The van der Waals surface area contributed by atoms with Gasteiger partial charge in [0, 0.05) is 25.2 Å². The van der Waals surface area contributed by atoms with Gasteiger partial charge in [-0.2, -0.15) is 0 Å². The van der Waals surface area contributed by atoms with Crippen LogP contribution in [0.5, 0.6) is 11.5 Å². The van der Waals surface area contributed by atoms with Gasteiger partial charge in [-0.1, -0.05) is 17.7 Å². The molecule has 1 amide bonds. The monoisotopic (exact) mass is 344 g/mol. The Morgan fingerprint density at radius 3 is 2.75 bits per heavy atom. The van der Waals surface area contributed by atoms with Gasteiger partial charge in [-0.25, -0.2) is 0 Å². The summed E-state index contributed by atoms with van der Waals surface area (Å²) in [4.78, 5) is 14.1. The fourth-order valence-corrected chi connectivity index (χ4v) is 2.53. The second kappa shape index (κ2) is 6.84. The van der Waals surface area contributed by atoms with E-state index in [0.29, 0.717) is 22.2 Å². The van der Waals surface area contributed by atoms with Gasteiger partial charge < -0.3 is 19.7 Å². The zero-order chi connectivity index (χ0) is 17.1. The second-order valence-electron chi connectivity index (χ2n) is 5.49. The minimum Gasteiger partial charge on any atom is -0.454 e. The molecule has 0 aliphatic carbocycles. The van der Waals surface area contributed by atoms with E-state index in [4.69, 9.17) is 21.1 Å². The lowest BCUT2D eigenvalue weighted by Crippen LogP contribution is -2.15. The van der Waals surface area contributed by atoms with Gasteiger partial charge in [0.05, 0.1) is 11.4 Å². The summed E-state index contributed by atoms with van der Waals surface area (Å²) in [6.07, 6.45) is 3.19. The highest BCUT2D eigenvalue weighted by molar-refractivity contribution is 6.31. The molecule has 124 valence electrons. The van der Waals surface area contributed by atoms with Crippen LogP contribution in [0.4, 0.5) is 11.4 Å². The lowest BCUT2D eigenvalue weighted by Gasteiger charge is -2.17. The predicted molar refractivity (Wildman–Crippen MR) is 96.0 cm³/mol. The summed E-state index contributed by atoms with van der Waals surface area (Å²) in [5.74, 6) is 1.16. The molecule has 6 heteroatoms. The summed E-state index contributed by atoms with van der Waals surface area (Å²) < 4.78 is 10.6. The van der Waals surface area contributed by atoms with Crippen molar-refractivity contribution in [3.8, 4) is 11.5 Å². The van der Waals surface area contributed by atoms with Crippen molar-refractivity contribution < 1.29 is 14.3 Å². The van der Waals surface area contributed by atoms with Crippen LogP contribution in [0.25, 0.3) is 6.08 Å². The summed E-state index contributed by atoms with van der Waals surface area (Å²) >= 11 is 6.02. The standard InChI is InChI=1S/C18H17ClN2O3/c1-21(2)15-6-5-13(19)10-14(15)20-18(22)8-4-12-3-7-16-17(9-12)24-11-23-16/h3-10H,11H2,1-2H3,(H,20,22)/b8-4+. The van der Waals surface area contributed by atoms with E-state index in [2.05, 4.69) is 5.32 Å². The highest BCUT2D eigenvalue weighted by Crippen LogP contribution is 2.33. The number of amides is 1. The lowest BCUT2D eigenvalue weighted by atomic mass is 10.2. The maximum atomic E-state index is 12.2. The molecule has 1 aliphatic rings. The number of nitrogens with one attached hydrogen (secondary N) is 1. The van der Waals surface area contributed by atoms with Gasteiger partial charge in [0.2, 0.25) is 12.7 Å². The Bertz CT molecular complexity index is 803. The lowest BCUT2D eigenvalue weighted by molar-refractivity contribution is -0.111. The zero-order valence-electron chi connectivity index (χ0n) is 13.4. The summed E-state index contributed by atoms with van der Waals surface area (Å²) in [6.45, 7) is 0.227. The minimum absolute atomic E-state index is 0.227. The summed E-state index contributed by atoms with van der Waals surface area (Å²) in [6, 6.07) is 10.9. The molecule has 0 fully saturated rings. The third-order valence-electron chi connectivity index (χ3n) is 3.52. The van der Waals surface area contributed by atoms with E-state index in [1.165, 1.54) is 6.08 Å². The molecule has 0 aromatic heterocycles. The van der Waals surface area contributed by atoms with Crippen LogP contribution in [0.3, 0.4) is 0 Å². The van der Waals surface area contributed by atoms with E-state index in [9.17, 15) is 4.79 Å². The molecule has 0 bridgehead atoms. The fraction of sp³-hybridized carbons (Fsp3) is 0.167. The topological polar surface area (TPSA) is 50.8 Å². The van der Waals surface area contributed by atoms with E-state index in [0.717, 1.165) is 11.3 Å². The van der Waals surface area contributed by atoms with Crippen molar-refractivity contribution in [2.24, 2.45) is 0 Å². The normalized spacial score (nSPS) is 12.5. The quantitative estimate of drug-likeness (QED) is 0.857. The molecule has 1 heterocycles. The largest absolute Gasteiger partial charge is 0.454 e. The molecule has 24 heavy (non-hydrogen) atoms. The molecule has 0 saturated carbocycles. The van der Waals surface area contributed by atoms with Crippen LogP contribution in [-0.4, -0.2) is 26.8 Å². The Hall–Kier alpha value is -2.66. The van der Waals surface area contributed by atoms with Crippen LogP contribution in [0.15, 0.2) is 42.5 Å². The van der Waals surface area contributed by atoms with Crippen LogP contribution in [-0.2, 0) is 4.79 Å². The van der Waals surface area contributed by atoms with E-state index in [-0.39, 0.29) is 12.7 Å². The van der Waals surface area contributed by atoms with Crippen LogP contribution in [0.1, 0.15) is 5.56 Å². The predicted octanol–water partition coefficient (Wildman–Crippen LogP) is 3.79. The van der Waals surface area contributed by atoms with Gasteiger partial charge in [-0.3, -0.25) is 4.79 Å². The number of carbonyl (C=O) groups is 1. The van der Waals surface area contributed by atoms with Crippen LogP contribution in [0.2, 0.25) is 5.02 Å². The highest BCUT2D eigenvalue weighted by atomic mass is 35.5. The molecule has 0 unspecified atom stereocenters. The number of hydrogen-bond donors (Lipinski definition) is 1. The molecule has 0 radical (unpaired) electrons. The van der Waals surface area contributed by atoms with Crippen molar-refractivity contribution in [2.45, 2.75) is 0 Å². The van der Waals surface area contributed by atoms with E-state index in [1.807, 2.05) is 43.3 Å². The number of carbonyl (C=O) groups excluding carboxylic acids is 1. The number of rotatable bonds is 4. The molecule has 0 atom stereocenters. The van der Waals surface area contributed by atoms with Gasteiger partial charge in [0.1, 0.15) is 0 Å². The Morgan fingerprint density at radius 1 is 1.17 bits per heavy atom. The van der Waals surface area contributed by atoms with E-state index < -0.39 is 0 Å². The molecule has 0 spiro atoms. The summed E-state index contributed by atoms with van der Waals surface area (Å²) in [7, 11) is 3.81. The minimum atomic E-state index is -0.238. The third kappa shape index (κ3) is 3.63. The molecule has 3 rings (SSSR count). The molecule has 0 saturated heterocycles. The number of benzene rings is 2. The maximum Gasteiger partial charge on any atom is 0.248 e. The van der Waals surface area contributed by atoms with Gasteiger partial charge in [-0.15, -0.1) is 0 Å². The molecular formula is C18H17ClN2O3. The van der Waals surface area contributed by atoms with Gasteiger partial charge in [0.15, 0.2) is 11.5 Å². The Balaban J connectivity index is 1.73. The first-order chi connectivity index (χ1) is 11.5. The summed E-state index contributed by atoms with van der Waals surface area (Å²) in [5, 5.41) is 3.41. The van der Waals surface area contributed by atoms with E-state index in [1.54, 1.807) is 18.2 Å². The summed E-state index contributed by atoms with van der Waals surface area (Å²) in [5.41, 5.74) is 2.39. The van der Waals surface area contributed by atoms with Crippen LogP contribution < -0.4 is 19.7 Å². The van der Waals surface area contributed by atoms with Crippen molar-refractivity contribution in [3.05, 3.63) is 53.1 Å². The number of ether oxygens (including phenoxy) is 2. The Morgan fingerprint density at radius 2 is 1.96 bits per heavy atom. The number of anilines is 2. The van der Waals surface area contributed by atoms with Crippen molar-refractivity contribution in [2.75, 3.05) is 31.1 Å². The number of halogens is 1. The van der Waals surface area contributed by atoms with E-state index >= 15 is 0 Å². The van der Waals surface area contributed by atoms with Crippen LogP contribution >= 0.6 is 11.6 Å². The molecule has 2 aromatic rings. The van der Waals surface area contributed by atoms with Gasteiger partial charge >= 0.3 is 0 Å². The third-order valence-corrected chi connectivity index (χ3v) is 3.76. The first kappa shape index (κ1) is 16.2. The number of hydrogen-bond acceptors (Lipinski definition) is 4. The SMILES string of the molecule is CN(C)c1ccc(Cl)cc1NC(=O)/C=C/c1ccc2c(c1)OCO2. The van der Waals surface area contributed by atoms with Gasteiger partial charge in [0.25, 0.3) is 0 Å². The molecule has 2 aromatic carbocycles. The Kier molecular flexibility index (Phi) is 4.62. The molecular weight excluding hydrogens is 328 g/mol. The smallest absolute Gasteiger partial charge is 0.248 e. The first-order valence-corrected chi connectivity index (χ1v) is 7.76. The van der Waals surface area contributed by atoms with Crippen molar-refractivity contribution >= 4 is 35.0 Å². The Labute approximate surface area is 145 Å². The van der Waals surface area contributed by atoms with Crippen molar-refractivity contribution in [1.82, 2.24) is 0 Å². The zero-order valence-corrected chi connectivity index (χ0v) is 14.1. The first-order valence-electron chi connectivity index (χ1n) is 7.38. The molecule has 1 aliphatic heterocycles. The maximum absolute atomic E-state index is 12.2. The average molecular weight is 345 g/mol. The van der Waals surface area contributed by atoms with Crippen molar-refractivity contribution in [3.63, 3.8) is 0 Å². The fourth-order valence-electron chi connectivity index (χ4n) is 2.36. The average Bonchev–Trinajstić information content (AvgIpc) is 3.00. The highest BCUT2D eigenvalue weighted by Gasteiger charge is 2.12. The molecule has 1 N–H and O–H groups in total. The number of fused-ring (bicyclic) bond motifs is 1. The van der Waals surface area contributed by atoms with Crippen LogP contribution in [0, 0.1) is 0 Å². The van der Waals surface area contributed by atoms with Gasteiger partial charge in [-0.05, 0) is 42.0 Å². The van der Waals surface area contributed by atoms with Crippen molar-refractivity contribution in [1.29, 1.82) is 0 Å².